The van der Waals surface area contributed by atoms with Crippen LogP contribution < -0.4 is 0 Å². The highest BCUT2D eigenvalue weighted by Crippen LogP contribution is 2.35. The fraction of sp³-hybridized carbons (Fsp3) is 0.158. The Morgan fingerprint density at radius 2 is 1.73 bits per heavy atom. The maximum absolute atomic E-state index is 12.3. The van der Waals surface area contributed by atoms with E-state index in [4.69, 9.17) is 11.6 Å². The smallest absolute Gasteiger partial charge is 0.232 e. The van der Waals surface area contributed by atoms with Gasteiger partial charge in [0.2, 0.25) is 5.24 Å². The summed E-state index contributed by atoms with van der Waals surface area (Å²) in [6.07, 6.45) is 4.01. The number of benzene rings is 2. The summed E-state index contributed by atoms with van der Waals surface area (Å²) in [6, 6.07) is 17.9. The molecule has 0 radical (unpaired) electrons. The first kappa shape index (κ1) is 14.7. The molecule has 110 valence electrons. The van der Waals surface area contributed by atoms with E-state index < -0.39 is 5.41 Å². The number of hydrogen-bond acceptors (Lipinski definition) is 2. The molecule has 2 aromatic carbocycles. The highest BCUT2D eigenvalue weighted by atomic mass is 35.5. The van der Waals surface area contributed by atoms with Crippen LogP contribution in [0.15, 0.2) is 67.0 Å². The molecule has 0 spiro atoms. The van der Waals surface area contributed by atoms with E-state index in [1.165, 1.54) is 0 Å². The summed E-state index contributed by atoms with van der Waals surface area (Å²) in [4.78, 5) is 16.3. The van der Waals surface area contributed by atoms with E-state index in [1.807, 2.05) is 61.5 Å². The van der Waals surface area contributed by atoms with Crippen LogP contribution in [0.5, 0.6) is 0 Å². The van der Waals surface area contributed by atoms with Crippen molar-refractivity contribution in [2.45, 2.75) is 18.8 Å². The Hall–Kier alpha value is -2.19. The minimum atomic E-state index is -0.774. The van der Waals surface area contributed by atoms with Crippen molar-refractivity contribution in [3.63, 3.8) is 0 Å². The molecule has 0 fully saturated rings. The van der Waals surface area contributed by atoms with Crippen LogP contribution in [0.25, 0.3) is 10.8 Å². The number of rotatable bonds is 4. The number of aromatic nitrogens is 1. The molecular weight excluding hydrogens is 294 g/mol. The lowest BCUT2D eigenvalue weighted by Gasteiger charge is -2.27. The molecule has 1 unspecified atom stereocenters. The van der Waals surface area contributed by atoms with Crippen LogP contribution in [-0.4, -0.2) is 10.2 Å². The van der Waals surface area contributed by atoms with Gasteiger partial charge in [-0.15, -0.1) is 0 Å². The highest BCUT2D eigenvalue weighted by molar-refractivity contribution is 6.65. The second kappa shape index (κ2) is 5.90. The molecule has 0 amide bonds. The number of carbonyl (C=O) groups is 1. The average molecular weight is 310 g/mol. The van der Waals surface area contributed by atoms with Crippen LogP contribution >= 0.6 is 11.6 Å². The van der Waals surface area contributed by atoms with Crippen molar-refractivity contribution in [1.82, 2.24) is 4.98 Å². The van der Waals surface area contributed by atoms with Gasteiger partial charge in [-0.25, -0.2) is 0 Å². The van der Waals surface area contributed by atoms with Crippen LogP contribution in [0, 0.1) is 0 Å². The van der Waals surface area contributed by atoms with Crippen molar-refractivity contribution in [3.05, 3.63) is 78.1 Å². The Kier molecular flexibility index (Phi) is 3.95. The summed E-state index contributed by atoms with van der Waals surface area (Å²) >= 11 is 6.02. The molecule has 0 saturated carbocycles. The highest BCUT2D eigenvalue weighted by Gasteiger charge is 2.35. The van der Waals surface area contributed by atoms with E-state index in [0.29, 0.717) is 6.42 Å². The van der Waals surface area contributed by atoms with E-state index in [9.17, 15) is 4.79 Å². The molecule has 1 atom stereocenters. The average Bonchev–Trinajstić information content (AvgIpc) is 2.55. The van der Waals surface area contributed by atoms with Crippen LogP contribution in [-0.2, 0) is 16.6 Å². The third kappa shape index (κ3) is 2.62. The fourth-order valence-corrected chi connectivity index (χ4v) is 3.05. The fourth-order valence-electron chi connectivity index (χ4n) is 2.89. The Morgan fingerprint density at radius 1 is 1.05 bits per heavy atom. The normalized spacial score (nSPS) is 13.7. The number of halogens is 1. The van der Waals surface area contributed by atoms with Crippen molar-refractivity contribution in [3.8, 4) is 0 Å². The zero-order chi connectivity index (χ0) is 15.6. The Bertz CT molecular complexity index is 811. The quantitative estimate of drug-likeness (QED) is 0.664. The predicted molar refractivity (Wildman–Crippen MR) is 90.1 cm³/mol. The van der Waals surface area contributed by atoms with Crippen molar-refractivity contribution < 1.29 is 4.79 Å². The summed E-state index contributed by atoms with van der Waals surface area (Å²) < 4.78 is 0. The Balaban J connectivity index is 2.16. The predicted octanol–water partition coefficient (Wildman–Crippen LogP) is 4.50. The largest absolute Gasteiger partial charge is 0.280 e. The van der Waals surface area contributed by atoms with Gasteiger partial charge in [-0.3, -0.25) is 9.78 Å². The van der Waals surface area contributed by atoms with Gasteiger partial charge in [0.25, 0.3) is 0 Å². The topological polar surface area (TPSA) is 30.0 Å². The minimum absolute atomic E-state index is 0.347. The van der Waals surface area contributed by atoms with E-state index in [-0.39, 0.29) is 5.24 Å². The second-order valence-electron chi connectivity index (χ2n) is 5.66. The van der Waals surface area contributed by atoms with Gasteiger partial charge >= 0.3 is 0 Å². The number of fused-ring (bicyclic) bond motifs is 1. The first-order valence-corrected chi connectivity index (χ1v) is 7.56. The first-order valence-electron chi connectivity index (χ1n) is 7.18. The van der Waals surface area contributed by atoms with Crippen LogP contribution in [0.1, 0.15) is 18.1 Å². The van der Waals surface area contributed by atoms with Crippen molar-refractivity contribution in [1.29, 1.82) is 0 Å². The van der Waals surface area contributed by atoms with E-state index >= 15 is 0 Å². The van der Waals surface area contributed by atoms with Crippen molar-refractivity contribution in [2.24, 2.45) is 0 Å². The Labute approximate surface area is 134 Å². The zero-order valence-electron chi connectivity index (χ0n) is 12.3. The molecule has 0 saturated heterocycles. The van der Waals surface area contributed by atoms with Gasteiger partial charge in [0, 0.05) is 12.4 Å². The lowest BCUT2D eigenvalue weighted by Crippen LogP contribution is -2.32. The lowest BCUT2D eigenvalue weighted by atomic mass is 9.76. The number of carbonyl (C=O) groups excluding carboxylic acids is 1. The zero-order valence-corrected chi connectivity index (χ0v) is 13.0. The van der Waals surface area contributed by atoms with Gasteiger partial charge in [-0.05, 0) is 59.0 Å². The summed E-state index contributed by atoms with van der Waals surface area (Å²) in [6.45, 7) is 1.91. The Morgan fingerprint density at radius 3 is 2.45 bits per heavy atom. The first-order chi connectivity index (χ1) is 10.6. The van der Waals surface area contributed by atoms with Gasteiger partial charge in [0.15, 0.2) is 0 Å². The van der Waals surface area contributed by atoms with Crippen molar-refractivity contribution >= 4 is 27.6 Å². The number of nitrogens with zero attached hydrogens (tertiary/aromatic N) is 1. The maximum atomic E-state index is 12.3. The lowest BCUT2D eigenvalue weighted by molar-refractivity contribution is -0.116. The van der Waals surface area contributed by atoms with Crippen LogP contribution in [0.2, 0.25) is 0 Å². The second-order valence-corrected chi connectivity index (χ2v) is 6.01. The molecule has 0 aliphatic rings. The molecule has 3 aromatic rings. The molecular formula is C19H16ClNO. The summed E-state index contributed by atoms with van der Waals surface area (Å²) in [5.74, 6) is 0. The number of pyridine rings is 1. The molecule has 3 rings (SSSR count). The molecule has 0 N–H and O–H groups in total. The molecule has 1 heterocycles. The molecule has 1 aromatic heterocycles. The standard InChI is InChI=1S/C19H16ClNO/c1-19(18(20)22,13-14-9-11-21-12-10-14)17-8-4-6-15-5-2-3-7-16(15)17/h2-12H,13H2,1H3. The third-order valence-corrected chi connectivity index (χ3v) is 4.54. The van der Waals surface area contributed by atoms with Gasteiger partial charge in [0.1, 0.15) is 0 Å². The minimum Gasteiger partial charge on any atom is -0.280 e. The number of hydrogen-bond donors (Lipinski definition) is 0. The maximum Gasteiger partial charge on any atom is 0.232 e. The summed E-state index contributed by atoms with van der Waals surface area (Å²) in [5, 5.41) is 1.83. The summed E-state index contributed by atoms with van der Waals surface area (Å²) in [7, 11) is 0. The van der Waals surface area contributed by atoms with E-state index in [1.54, 1.807) is 12.4 Å². The van der Waals surface area contributed by atoms with Crippen molar-refractivity contribution in [2.75, 3.05) is 0 Å². The van der Waals surface area contributed by atoms with Crippen LogP contribution in [0.4, 0.5) is 0 Å². The monoisotopic (exact) mass is 309 g/mol. The summed E-state index contributed by atoms with van der Waals surface area (Å²) in [5.41, 5.74) is 1.23. The molecule has 0 bridgehead atoms. The molecule has 22 heavy (non-hydrogen) atoms. The molecule has 2 nitrogen and oxygen atoms in total. The van der Waals surface area contributed by atoms with Gasteiger partial charge < -0.3 is 0 Å². The van der Waals surface area contributed by atoms with Gasteiger partial charge in [0.05, 0.1) is 5.41 Å². The molecule has 3 heteroatoms. The van der Waals surface area contributed by atoms with Gasteiger partial charge in [-0.1, -0.05) is 42.5 Å². The molecule has 0 aliphatic heterocycles. The van der Waals surface area contributed by atoms with Gasteiger partial charge in [-0.2, -0.15) is 0 Å². The van der Waals surface area contributed by atoms with E-state index in [0.717, 1.165) is 21.9 Å². The van der Waals surface area contributed by atoms with Crippen LogP contribution in [0.3, 0.4) is 0 Å². The molecule has 0 aliphatic carbocycles. The van der Waals surface area contributed by atoms with E-state index in [2.05, 4.69) is 4.98 Å². The SMILES string of the molecule is CC(Cc1ccncc1)(C(=O)Cl)c1cccc2ccccc12. The third-order valence-electron chi connectivity index (χ3n) is 4.12.